The standard InChI is InChI=1S/C11H15NO/c1-2-3-8-4-5-11(13)9(6-8)10-7-12-10/h4-6,10,12-13H,2-3,7H2,1H3/t10-/m1/s1. The lowest BCUT2D eigenvalue weighted by atomic mass is 10.0. The third-order valence-corrected chi connectivity index (χ3v) is 2.41. The van der Waals surface area contributed by atoms with Crippen LogP contribution in [0, 0.1) is 0 Å². The summed E-state index contributed by atoms with van der Waals surface area (Å²) in [7, 11) is 0. The number of phenolic OH excluding ortho intramolecular Hbond substituents is 1. The molecule has 13 heavy (non-hydrogen) atoms. The van der Waals surface area contributed by atoms with Crippen molar-refractivity contribution in [1.82, 2.24) is 5.32 Å². The maximum Gasteiger partial charge on any atom is 0.120 e. The molecule has 1 saturated heterocycles. The van der Waals surface area contributed by atoms with Crippen molar-refractivity contribution in [3.05, 3.63) is 29.3 Å². The molecule has 1 aliphatic rings. The van der Waals surface area contributed by atoms with E-state index in [1.54, 1.807) is 6.07 Å². The minimum atomic E-state index is 0.400. The van der Waals surface area contributed by atoms with E-state index in [4.69, 9.17) is 0 Å². The van der Waals surface area contributed by atoms with Crippen LogP contribution >= 0.6 is 0 Å². The van der Waals surface area contributed by atoms with Crippen LogP contribution in [0.2, 0.25) is 0 Å². The Morgan fingerprint density at radius 3 is 2.92 bits per heavy atom. The van der Waals surface area contributed by atoms with Crippen molar-refractivity contribution >= 4 is 0 Å². The molecule has 0 aromatic heterocycles. The zero-order valence-corrected chi connectivity index (χ0v) is 7.88. The van der Waals surface area contributed by atoms with Crippen LogP contribution in [-0.4, -0.2) is 11.7 Å². The molecule has 1 aromatic carbocycles. The first-order valence-electron chi connectivity index (χ1n) is 4.86. The predicted molar refractivity (Wildman–Crippen MR) is 52.8 cm³/mol. The summed E-state index contributed by atoms with van der Waals surface area (Å²) in [6, 6.07) is 6.32. The predicted octanol–water partition coefficient (Wildman–Crippen LogP) is 1.99. The highest BCUT2D eigenvalue weighted by atomic mass is 16.3. The summed E-state index contributed by atoms with van der Waals surface area (Å²) < 4.78 is 0. The molecule has 0 aliphatic carbocycles. The topological polar surface area (TPSA) is 42.2 Å². The molecular formula is C11H15NO. The van der Waals surface area contributed by atoms with Gasteiger partial charge in [0.2, 0.25) is 0 Å². The highest BCUT2D eigenvalue weighted by Crippen LogP contribution is 2.30. The fourth-order valence-corrected chi connectivity index (χ4v) is 1.61. The van der Waals surface area contributed by atoms with Gasteiger partial charge in [-0.15, -0.1) is 0 Å². The van der Waals surface area contributed by atoms with Crippen molar-refractivity contribution in [2.45, 2.75) is 25.8 Å². The fraction of sp³-hybridized carbons (Fsp3) is 0.455. The van der Waals surface area contributed by atoms with Crippen LogP contribution in [0.5, 0.6) is 5.75 Å². The van der Waals surface area contributed by atoms with Crippen LogP contribution in [-0.2, 0) is 6.42 Å². The van der Waals surface area contributed by atoms with Gasteiger partial charge >= 0.3 is 0 Å². The van der Waals surface area contributed by atoms with Crippen molar-refractivity contribution in [3.63, 3.8) is 0 Å². The molecule has 0 unspecified atom stereocenters. The van der Waals surface area contributed by atoms with Gasteiger partial charge in [0.1, 0.15) is 5.75 Å². The Kier molecular flexibility index (Phi) is 2.23. The zero-order chi connectivity index (χ0) is 9.26. The zero-order valence-electron chi connectivity index (χ0n) is 7.88. The summed E-state index contributed by atoms with van der Waals surface area (Å²) in [5.41, 5.74) is 2.38. The van der Waals surface area contributed by atoms with Crippen LogP contribution in [0.25, 0.3) is 0 Å². The first-order chi connectivity index (χ1) is 6.31. The van der Waals surface area contributed by atoms with Gasteiger partial charge < -0.3 is 10.4 Å². The third-order valence-electron chi connectivity index (χ3n) is 2.41. The van der Waals surface area contributed by atoms with Crippen LogP contribution < -0.4 is 5.32 Å². The van der Waals surface area contributed by atoms with E-state index in [0.717, 1.165) is 24.9 Å². The smallest absolute Gasteiger partial charge is 0.120 e. The quantitative estimate of drug-likeness (QED) is 0.693. The highest BCUT2D eigenvalue weighted by molar-refractivity contribution is 5.40. The van der Waals surface area contributed by atoms with E-state index >= 15 is 0 Å². The molecular weight excluding hydrogens is 162 g/mol. The molecule has 0 saturated carbocycles. The van der Waals surface area contributed by atoms with E-state index in [9.17, 15) is 5.11 Å². The second kappa shape index (κ2) is 3.38. The number of rotatable bonds is 3. The van der Waals surface area contributed by atoms with E-state index in [1.165, 1.54) is 5.56 Å². The van der Waals surface area contributed by atoms with Gasteiger partial charge in [0.15, 0.2) is 0 Å². The summed E-state index contributed by atoms with van der Waals surface area (Å²) in [6.45, 7) is 3.17. The van der Waals surface area contributed by atoms with E-state index in [2.05, 4.69) is 18.3 Å². The number of hydrogen-bond donors (Lipinski definition) is 2. The van der Waals surface area contributed by atoms with Gasteiger partial charge in [0.25, 0.3) is 0 Å². The molecule has 0 amide bonds. The minimum Gasteiger partial charge on any atom is -0.508 e. The second-order valence-corrected chi connectivity index (χ2v) is 3.60. The molecule has 1 aromatic rings. The van der Waals surface area contributed by atoms with Crippen molar-refractivity contribution in [2.24, 2.45) is 0 Å². The average Bonchev–Trinajstić information content (AvgIpc) is 2.92. The SMILES string of the molecule is CCCc1ccc(O)c([C@H]2CN2)c1. The van der Waals surface area contributed by atoms with Gasteiger partial charge in [-0.05, 0) is 18.1 Å². The first-order valence-corrected chi connectivity index (χ1v) is 4.86. The molecule has 2 heteroatoms. The maximum atomic E-state index is 9.57. The van der Waals surface area contributed by atoms with Gasteiger partial charge in [-0.1, -0.05) is 25.5 Å². The largest absolute Gasteiger partial charge is 0.508 e. The Hall–Kier alpha value is -1.02. The van der Waals surface area contributed by atoms with Crippen LogP contribution in [0.1, 0.15) is 30.5 Å². The van der Waals surface area contributed by atoms with E-state index in [0.29, 0.717) is 11.8 Å². The number of aryl methyl sites for hydroxylation is 1. The highest BCUT2D eigenvalue weighted by Gasteiger charge is 2.25. The van der Waals surface area contributed by atoms with Crippen LogP contribution in [0.4, 0.5) is 0 Å². The van der Waals surface area contributed by atoms with E-state index < -0.39 is 0 Å². The lowest BCUT2D eigenvalue weighted by molar-refractivity contribution is 0.468. The van der Waals surface area contributed by atoms with Crippen molar-refractivity contribution < 1.29 is 5.11 Å². The maximum absolute atomic E-state index is 9.57. The molecule has 0 bridgehead atoms. The van der Waals surface area contributed by atoms with E-state index in [1.807, 2.05) is 6.07 Å². The second-order valence-electron chi connectivity index (χ2n) is 3.60. The molecule has 1 fully saturated rings. The summed E-state index contributed by atoms with van der Waals surface area (Å²) >= 11 is 0. The van der Waals surface area contributed by atoms with Gasteiger partial charge in [-0.3, -0.25) is 0 Å². The number of aromatic hydroxyl groups is 1. The Bertz CT molecular complexity index is 305. The lowest BCUT2D eigenvalue weighted by Gasteiger charge is -2.04. The monoisotopic (exact) mass is 177 g/mol. The fourth-order valence-electron chi connectivity index (χ4n) is 1.61. The number of phenols is 1. The summed E-state index contributed by atoms with van der Waals surface area (Å²) in [4.78, 5) is 0. The normalized spacial score (nSPS) is 20.2. The average molecular weight is 177 g/mol. The van der Waals surface area contributed by atoms with Crippen molar-refractivity contribution in [2.75, 3.05) is 6.54 Å². The van der Waals surface area contributed by atoms with Gasteiger partial charge in [0, 0.05) is 18.2 Å². The van der Waals surface area contributed by atoms with Gasteiger partial charge in [0.05, 0.1) is 0 Å². The first kappa shape index (κ1) is 8.57. The molecule has 0 spiro atoms. The Morgan fingerprint density at radius 2 is 2.31 bits per heavy atom. The Labute approximate surface area is 78.6 Å². The number of nitrogens with one attached hydrogen (secondary N) is 1. The minimum absolute atomic E-state index is 0.400. The van der Waals surface area contributed by atoms with Gasteiger partial charge in [-0.25, -0.2) is 0 Å². The summed E-state index contributed by atoms with van der Waals surface area (Å²) in [5, 5.41) is 12.8. The Balaban J connectivity index is 2.25. The molecule has 70 valence electrons. The van der Waals surface area contributed by atoms with Crippen molar-refractivity contribution in [3.8, 4) is 5.75 Å². The van der Waals surface area contributed by atoms with Gasteiger partial charge in [-0.2, -0.15) is 0 Å². The molecule has 1 aliphatic heterocycles. The summed E-state index contributed by atoms with van der Waals surface area (Å²) in [6.07, 6.45) is 2.25. The third kappa shape index (κ3) is 1.83. The molecule has 2 N–H and O–H groups in total. The molecule has 2 nitrogen and oxygen atoms in total. The van der Waals surface area contributed by atoms with Crippen molar-refractivity contribution in [1.29, 1.82) is 0 Å². The molecule has 1 heterocycles. The number of benzene rings is 1. The summed E-state index contributed by atoms with van der Waals surface area (Å²) in [5.74, 6) is 0.426. The van der Waals surface area contributed by atoms with Crippen LogP contribution in [0.15, 0.2) is 18.2 Å². The molecule has 2 rings (SSSR count). The molecule has 1 atom stereocenters. The van der Waals surface area contributed by atoms with E-state index in [-0.39, 0.29) is 0 Å². The number of hydrogen-bond acceptors (Lipinski definition) is 2. The molecule has 0 radical (unpaired) electrons. The lowest BCUT2D eigenvalue weighted by Crippen LogP contribution is -1.89. The van der Waals surface area contributed by atoms with Crippen LogP contribution in [0.3, 0.4) is 0 Å². The Morgan fingerprint density at radius 1 is 1.54 bits per heavy atom.